The van der Waals surface area contributed by atoms with Crippen LogP contribution in [0.3, 0.4) is 0 Å². The minimum Gasteiger partial charge on any atom is -0.455 e. The van der Waals surface area contributed by atoms with Gasteiger partial charge >= 0.3 is 6.09 Å². The Morgan fingerprint density at radius 3 is 2.50 bits per heavy atom. The predicted octanol–water partition coefficient (Wildman–Crippen LogP) is 4.65. The van der Waals surface area contributed by atoms with Gasteiger partial charge in [0, 0.05) is 12.7 Å². The molecule has 12 heteroatoms. The van der Waals surface area contributed by atoms with E-state index in [-0.39, 0.29) is 24.3 Å². The summed E-state index contributed by atoms with van der Waals surface area (Å²) in [6.45, 7) is 2.25. The molecule has 0 spiro atoms. The highest BCUT2D eigenvalue weighted by molar-refractivity contribution is 5.94. The molecule has 2 amide bonds. The third kappa shape index (κ3) is 8.48. The van der Waals surface area contributed by atoms with E-state index in [1.54, 1.807) is 43.4 Å². The standard InChI is InChI=1S/C28H36N8O4/c1-3-19-10-4-6-13-23(19)36(2)28(38)40-18-39-24-14-7-5-12-21(24)34-35-22-15-16-25(32-26(22)31)33-27(37)20(30)11-8-9-17-29/h4-7,10,12-16,20H,3,8-9,11,17-18,29-30H2,1-2H3,(H3,31,32,33,37)/b35-34+/t20-/m0/s1. The number of hydrogen-bond donors (Lipinski definition) is 4. The number of nitrogens with zero attached hydrogens (tertiary/aromatic N) is 4. The number of rotatable bonds is 13. The molecule has 0 aliphatic heterocycles. The molecule has 1 heterocycles. The van der Waals surface area contributed by atoms with Crippen molar-refractivity contribution < 1.29 is 19.1 Å². The largest absolute Gasteiger partial charge is 0.455 e. The first kappa shape index (κ1) is 30.0. The number of carbonyl (C=O) groups is 2. The number of azo groups is 1. The fourth-order valence-electron chi connectivity index (χ4n) is 3.73. The number of nitrogen functional groups attached to an aromatic ring is 1. The Balaban J connectivity index is 1.58. The Morgan fingerprint density at radius 1 is 1.02 bits per heavy atom. The van der Waals surface area contributed by atoms with Crippen LogP contribution in [-0.4, -0.2) is 43.4 Å². The number of unbranched alkanes of at least 4 members (excludes halogenated alkanes) is 1. The Bertz CT molecular complexity index is 1320. The molecule has 0 bridgehead atoms. The van der Waals surface area contributed by atoms with Crippen molar-refractivity contribution >= 4 is 40.7 Å². The van der Waals surface area contributed by atoms with Crippen LogP contribution in [0.15, 0.2) is 70.9 Å². The molecule has 1 atom stereocenters. The van der Waals surface area contributed by atoms with Gasteiger partial charge in [-0.1, -0.05) is 43.7 Å². The van der Waals surface area contributed by atoms with Crippen molar-refractivity contribution in [3.63, 3.8) is 0 Å². The number of nitrogens with one attached hydrogen (secondary N) is 1. The molecule has 2 aromatic carbocycles. The van der Waals surface area contributed by atoms with Crippen molar-refractivity contribution in [2.75, 3.05) is 36.3 Å². The van der Waals surface area contributed by atoms with E-state index < -0.39 is 12.1 Å². The molecule has 0 aliphatic carbocycles. The second-order valence-corrected chi connectivity index (χ2v) is 8.86. The van der Waals surface area contributed by atoms with Gasteiger partial charge in [0.25, 0.3) is 0 Å². The molecular formula is C28H36N8O4. The lowest BCUT2D eigenvalue weighted by Crippen LogP contribution is -2.35. The van der Waals surface area contributed by atoms with Crippen molar-refractivity contribution in [1.29, 1.82) is 0 Å². The second kappa shape index (κ2) is 15.1. The summed E-state index contributed by atoms with van der Waals surface area (Å²) in [6, 6.07) is 17.0. The van der Waals surface area contributed by atoms with E-state index in [2.05, 4.69) is 20.5 Å². The first-order chi connectivity index (χ1) is 19.3. The first-order valence-corrected chi connectivity index (χ1v) is 13.0. The number of pyridine rings is 1. The van der Waals surface area contributed by atoms with Crippen LogP contribution in [-0.2, 0) is 16.0 Å². The molecular weight excluding hydrogens is 512 g/mol. The number of benzene rings is 2. The number of amides is 2. The summed E-state index contributed by atoms with van der Waals surface area (Å²) >= 11 is 0. The third-order valence-corrected chi connectivity index (χ3v) is 5.99. The fraction of sp³-hybridized carbons (Fsp3) is 0.321. The van der Waals surface area contributed by atoms with E-state index >= 15 is 0 Å². The molecule has 0 saturated carbocycles. The van der Waals surface area contributed by atoms with Gasteiger partial charge in [0.2, 0.25) is 12.7 Å². The molecule has 0 radical (unpaired) electrons. The highest BCUT2D eigenvalue weighted by Crippen LogP contribution is 2.30. The molecule has 7 N–H and O–H groups in total. The number of anilines is 3. The summed E-state index contributed by atoms with van der Waals surface area (Å²) in [4.78, 5) is 30.4. The van der Waals surface area contributed by atoms with Gasteiger partial charge in [0.05, 0.1) is 6.04 Å². The Hall–Kier alpha value is -4.55. The number of aromatic nitrogens is 1. The maximum absolute atomic E-state index is 12.5. The maximum Gasteiger partial charge on any atom is 0.416 e. The summed E-state index contributed by atoms with van der Waals surface area (Å²) in [6.07, 6.45) is 2.32. The number of nitrogens with two attached hydrogens (primary N) is 3. The molecule has 0 saturated heterocycles. The molecule has 12 nitrogen and oxygen atoms in total. The van der Waals surface area contributed by atoms with Crippen LogP contribution in [0.4, 0.5) is 33.5 Å². The zero-order valence-electron chi connectivity index (χ0n) is 22.7. The highest BCUT2D eigenvalue weighted by Gasteiger charge is 2.16. The van der Waals surface area contributed by atoms with Crippen LogP contribution in [0.1, 0.15) is 31.7 Å². The zero-order chi connectivity index (χ0) is 28.9. The normalized spacial score (nSPS) is 11.7. The van der Waals surface area contributed by atoms with Crippen molar-refractivity contribution in [3.8, 4) is 5.75 Å². The van der Waals surface area contributed by atoms with Gasteiger partial charge in [-0.2, -0.15) is 0 Å². The maximum atomic E-state index is 12.5. The fourth-order valence-corrected chi connectivity index (χ4v) is 3.73. The van der Waals surface area contributed by atoms with Gasteiger partial charge in [-0.3, -0.25) is 9.69 Å². The summed E-state index contributed by atoms with van der Waals surface area (Å²) in [7, 11) is 1.64. The number of aryl methyl sites for hydroxylation is 1. The molecule has 3 rings (SSSR count). The van der Waals surface area contributed by atoms with Crippen molar-refractivity contribution in [2.45, 2.75) is 38.6 Å². The van der Waals surface area contributed by atoms with E-state index in [0.29, 0.717) is 30.1 Å². The number of carbonyl (C=O) groups excluding carboxylic acids is 2. The van der Waals surface area contributed by atoms with E-state index in [9.17, 15) is 9.59 Å². The van der Waals surface area contributed by atoms with Crippen molar-refractivity contribution in [2.24, 2.45) is 21.7 Å². The average molecular weight is 549 g/mol. The van der Waals surface area contributed by atoms with Crippen molar-refractivity contribution in [3.05, 3.63) is 66.2 Å². The third-order valence-electron chi connectivity index (χ3n) is 5.99. The smallest absolute Gasteiger partial charge is 0.416 e. The molecule has 212 valence electrons. The van der Waals surface area contributed by atoms with Crippen LogP contribution >= 0.6 is 0 Å². The molecule has 1 aromatic heterocycles. The van der Waals surface area contributed by atoms with E-state index in [1.165, 1.54) is 4.90 Å². The number of hydrogen-bond acceptors (Lipinski definition) is 10. The molecule has 0 unspecified atom stereocenters. The number of ether oxygens (including phenoxy) is 2. The lowest BCUT2D eigenvalue weighted by Gasteiger charge is -2.20. The van der Waals surface area contributed by atoms with E-state index in [0.717, 1.165) is 30.5 Å². The molecule has 0 aliphatic rings. The van der Waals surface area contributed by atoms with Crippen LogP contribution in [0.5, 0.6) is 5.75 Å². The highest BCUT2D eigenvalue weighted by atomic mass is 16.7. The van der Waals surface area contributed by atoms with Gasteiger partial charge < -0.3 is 32.0 Å². The predicted molar refractivity (Wildman–Crippen MR) is 155 cm³/mol. The van der Waals surface area contributed by atoms with Gasteiger partial charge in [-0.05, 0) is 61.7 Å². The summed E-state index contributed by atoms with van der Waals surface area (Å²) in [5, 5.41) is 11.0. The lowest BCUT2D eigenvalue weighted by molar-refractivity contribution is -0.117. The van der Waals surface area contributed by atoms with Gasteiger partial charge in [0.15, 0.2) is 11.6 Å². The van der Waals surface area contributed by atoms with Crippen LogP contribution < -0.4 is 32.2 Å². The van der Waals surface area contributed by atoms with Crippen LogP contribution in [0.2, 0.25) is 0 Å². The summed E-state index contributed by atoms with van der Waals surface area (Å²) in [5.74, 6) is 0.328. The minimum absolute atomic E-state index is 0.0704. The van der Waals surface area contributed by atoms with Gasteiger partial charge in [0.1, 0.15) is 17.2 Å². The molecule has 0 fully saturated rings. The second-order valence-electron chi connectivity index (χ2n) is 8.86. The monoisotopic (exact) mass is 548 g/mol. The Morgan fingerprint density at radius 2 is 1.75 bits per heavy atom. The minimum atomic E-state index is -0.669. The average Bonchev–Trinajstić information content (AvgIpc) is 2.96. The van der Waals surface area contributed by atoms with Gasteiger partial charge in [-0.25, -0.2) is 9.78 Å². The van der Waals surface area contributed by atoms with Crippen molar-refractivity contribution in [1.82, 2.24) is 4.98 Å². The SMILES string of the molecule is CCc1ccccc1N(C)C(=O)OCOc1ccccc1/N=N/c1ccc(NC(=O)[C@@H](N)CCCCN)nc1N. The van der Waals surface area contributed by atoms with E-state index in [4.69, 9.17) is 26.7 Å². The first-order valence-electron chi connectivity index (χ1n) is 13.0. The zero-order valence-corrected chi connectivity index (χ0v) is 22.7. The van der Waals surface area contributed by atoms with Crippen LogP contribution in [0.25, 0.3) is 0 Å². The van der Waals surface area contributed by atoms with E-state index in [1.807, 2.05) is 31.2 Å². The summed E-state index contributed by atoms with van der Waals surface area (Å²) in [5.41, 5.74) is 19.9. The Labute approximate surface area is 233 Å². The van der Waals surface area contributed by atoms with Crippen LogP contribution in [0, 0.1) is 0 Å². The lowest BCUT2D eigenvalue weighted by atomic mass is 10.1. The topological polar surface area (TPSA) is 184 Å². The van der Waals surface area contributed by atoms with Gasteiger partial charge in [-0.15, -0.1) is 10.2 Å². The summed E-state index contributed by atoms with van der Waals surface area (Å²) < 4.78 is 11.0. The number of para-hydroxylation sites is 2. The quantitative estimate of drug-likeness (QED) is 0.135. The Kier molecular flexibility index (Phi) is 11.4. The molecule has 40 heavy (non-hydrogen) atoms. The molecule has 3 aromatic rings.